The molecule has 0 fully saturated rings. The highest BCUT2D eigenvalue weighted by Gasteiger charge is 2.20. The van der Waals surface area contributed by atoms with Crippen LogP contribution in [0.2, 0.25) is 0 Å². The largest absolute Gasteiger partial charge is 0.325 e. The lowest BCUT2D eigenvalue weighted by Gasteiger charge is -2.17. The summed E-state index contributed by atoms with van der Waals surface area (Å²) in [5.74, 6) is 0.381. The van der Waals surface area contributed by atoms with Crippen molar-refractivity contribution < 1.29 is 4.79 Å². The van der Waals surface area contributed by atoms with E-state index in [1.54, 1.807) is 0 Å². The zero-order chi connectivity index (χ0) is 20.8. The summed E-state index contributed by atoms with van der Waals surface area (Å²) in [6.07, 6.45) is 6.71. The predicted molar refractivity (Wildman–Crippen MR) is 119 cm³/mol. The molecule has 1 aliphatic carbocycles. The minimum Gasteiger partial charge on any atom is -0.325 e. The van der Waals surface area contributed by atoms with Gasteiger partial charge in [-0.05, 0) is 67.9 Å². The molecule has 1 aliphatic rings. The molecule has 3 rings (SSSR count). The molecule has 0 saturated carbocycles. The monoisotopic (exact) mass is 407 g/mol. The van der Waals surface area contributed by atoms with Gasteiger partial charge < -0.3 is 5.32 Å². The average Bonchev–Trinajstić information content (AvgIpc) is 2.69. The summed E-state index contributed by atoms with van der Waals surface area (Å²) in [5.41, 5.74) is 4.92. The summed E-state index contributed by atoms with van der Waals surface area (Å²) in [7, 11) is 0. The molecule has 5 heteroatoms. The molecule has 1 amide bonds. The molecule has 1 atom stereocenters. The van der Waals surface area contributed by atoms with Crippen molar-refractivity contribution in [2.45, 2.75) is 75.5 Å². The van der Waals surface area contributed by atoms with E-state index >= 15 is 0 Å². The highest BCUT2D eigenvalue weighted by molar-refractivity contribution is 8.00. The molecule has 1 aromatic heterocycles. The average molecular weight is 408 g/mol. The van der Waals surface area contributed by atoms with E-state index in [0.29, 0.717) is 16.5 Å². The molecule has 1 heterocycles. The number of carbonyl (C=O) groups excluding carboxylic acids is 1. The summed E-state index contributed by atoms with van der Waals surface area (Å²) in [4.78, 5) is 17.5. The maximum Gasteiger partial charge on any atom is 0.237 e. The summed E-state index contributed by atoms with van der Waals surface area (Å²) >= 11 is 1.37. The molecular weight excluding hydrogens is 378 g/mol. The van der Waals surface area contributed by atoms with E-state index in [1.807, 2.05) is 37.3 Å². The van der Waals surface area contributed by atoms with Crippen LogP contribution in [0.5, 0.6) is 0 Å². The Morgan fingerprint density at radius 2 is 1.79 bits per heavy atom. The van der Waals surface area contributed by atoms with Gasteiger partial charge >= 0.3 is 0 Å². The number of pyridine rings is 1. The van der Waals surface area contributed by atoms with E-state index in [0.717, 1.165) is 37.1 Å². The third-order valence-electron chi connectivity index (χ3n) is 5.39. The van der Waals surface area contributed by atoms with Crippen LogP contribution in [0.1, 0.15) is 74.8 Å². The number of hydrogen-bond donors (Lipinski definition) is 1. The Hall–Kier alpha value is -2.32. The Balaban J connectivity index is 1.71. The number of fused-ring (bicyclic) bond motifs is 1. The second-order valence-corrected chi connectivity index (χ2v) is 9.33. The second-order valence-electron chi connectivity index (χ2n) is 8.00. The zero-order valence-corrected chi connectivity index (χ0v) is 18.3. The summed E-state index contributed by atoms with van der Waals surface area (Å²) < 4.78 is 0. The van der Waals surface area contributed by atoms with Gasteiger partial charge in [-0.15, -0.1) is 0 Å². The molecule has 1 aromatic carbocycles. The van der Waals surface area contributed by atoms with Gasteiger partial charge in [0.2, 0.25) is 5.91 Å². The highest BCUT2D eigenvalue weighted by atomic mass is 32.2. The summed E-state index contributed by atoms with van der Waals surface area (Å²) in [6.45, 7) is 6.16. The Morgan fingerprint density at radius 3 is 2.45 bits per heavy atom. The van der Waals surface area contributed by atoms with E-state index in [1.165, 1.54) is 35.7 Å². The molecule has 0 aliphatic heterocycles. The first-order chi connectivity index (χ1) is 14.0. The lowest BCUT2D eigenvalue weighted by Crippen LogP contribution is -2.22. The molecule has 4 nitrogen and oxygen atoms in total. The van der Waals surface area contributed by atoms with Crippen LogP contribution in [0.25, 0.3) is 0 Å². The van der Waals surface area contributed by atoms with E-state index in [9.17, 15) is 10.1 Å². The van der Waals surface area contributed by atoms with Gasteiger partial charge in [-0.25, -0.2) is 4.98 Å². The molecule has 1 N–H and O–H groups in total. The summed E-state index contributed by atoms with van der Waals surface area (Å²) in [5, 5.41) is 12.9. The van der Waals surface area contributed by atoms with Crippen LogP contribution in [0.3, 0.4) is 0 Å². The standard InChI is InChI=1S/C24H29N3OS/c1-16(2)18-10-12-21(13-11-18)26-23(28)17(3)29-24-20(15-25)14-19-8-6-4-5-7-9-22(19)27-24/h10-14,16-17H,4-9H2,1-3H3,(H,26,28). The number of nitrogens with zero attached hydrogens (tertiary/aromatic N) is 2. The van der Waals surface area contributed by atoms with Crippen LogP contribution in [0.4, 0.5) is 5.69 Å². The van der Waals surface area contributed by atoms with Crippen LogP contribution in [-0.2, 0) is 17.6 Å². The van der Waals surface area contributed by atoms with Gasteiger partial charge in [-0.3, -0.25) is 4.79 Å². The van der Waals surface area contributed by atoms with Crippen molar-refractivity contribution in [3.8, 4) is 6.07 Å². The van der Waals surface area contributed by atoms with Gasteiger partial charge in [0.15, 0.2) is 0 Å². The number of nitrogens with one attached hydrogen (secondary N) is 1. The fourth-order valence-corrected chi connectivity index (χ4v) is 4.45. The van der Waals surface area contributed by atoms with Crippen molar-refractivity contribution in [3.05, 3.63) is 52.7 Å². The smallest absolute Gasteiger partial charge is 0.237 e. The van der Waals surface area contributed by atoms with Crippen molar-refractivity contribution in [3.63, 3.8) is 0 Å². The minimum absolute atomic E-state index is 0.0790. The van der Waals surface area contributed by atoms with Gasteiger partial charge in [-0.1, -0.05) is 50.6 Å². The van der Waals surface area contributed by atoms with Gasteiger partial charge in [-0.2, -0.15) is 5.26 Å². The van der Waals surface area contributed by atoms with Crippen LogP contribution < -0.4 is 5.32 Å². The first kappa shape index (κ1) is 21.4. The van der Waals surface area contributed by atoms with Crippen LogP contribution in [-0.4, -0.2) is 16.1 Å². The molecule has 29 heavy (non-hydrogen) atoms. The Kier molecular flexibility index (Phi) is 7.33. The van der Waals surface area contributed by atoms with Gasteiger partial charge in [0, 0.05) is 11.4 Å². The number of carbonyl (C=O) groups is 1. The maximum absolute atomic E-state index is 12.7. The number of rotatable bonds is 5. The fraction of sp³-hybridized carbons (Fsp3) is 0.458. The number of anilines is 1. The van der Waals surface area contributed by atoms with Crippen LogP contribution in [0.15, 0.2) is 35.4 Å². The topological polar surface area (TPSA) is 65.8 Å². The minimum atomic E-state index is -0.342. The Morgan fingerprint density at radius 1 is 1.10 bits per heavy atom. The second kappa shape index (κ2) is 9.93. The number of amides is 1. The van der Waals surface area contributed by atoms with Crippen LogP contribution >= 0.6 is 11.8 Å². The molecule has 0 spiro atoms. The van der Waals surface area contributed by atoms with Gasteiger partial charge in [0.1, 0.15) is 11.1 Å². The molecule has 0 saturated heterocycles. The van der Waals surface area contributed by atoms with Crippen molar-refractivity contribution in [1.82, 2.24) is 4.98 Å². The zero-order valence-electron chi connectivity index (χ0n) is 17.5. The van der Waals surface area contributed by atoms with Crippen molar-refractivity contribution in [2.24, 2.45) is 0 Å². The van der Waals surface area contributed by atoms with E-state index in [4.69, 9.17) is 4.98 Å². The number of thioether (sulfide) groups is 1. The number of nitriles is 1. The lowest BCUT2D eigenvalue weighted by atomic mass is 9.96. The quantitative estimate of drug-likeness (QED) is 0.631. The Labute approximate surface area is 178 Å². The number of benzene rings is 1. The summed E-state index contributed by atoms with van der Waals surface area (Å²) in [6, 6.07) is 12.2. The van der Waals surface area contributed by atoms with Crippen molar-refractivity contribution >= 4 is 23.4 Å². The molecule has 1 unspecified atom stereocenters. The first-order valence-electron chi connectivity index (χ1n) is 10.5. The van der Waals surface area contributed by atoms with E-state index < -0.39 is 0 Å². The number of hydrogen-bond acceptors (Lipinski definition) is 4. The Bertz CT molecular complexity index is 900. The molecule has 152 valence electrons. The van der Waals surface area contributed by atoms with Crippen molar-refractivity contribution in [2.75, 3.05) is 5.32 Å². The first-order valence-corrected chi connectivity index (χ1v) is 11.4. The number of aromatic nitrogens is 1. The van der Waals surface area contributed by atoms with Gasteiger partial charge in [0.05, 0.1) is 10.8 Å². The SMILES string of the molecule is CC(Sc1nc2c(cc1C#N)CCCCCC2)C(=O)Nc1ccc(C(C)C)cc1. The molecular formula is C24H29N3OS. The third-order valence-corrected chi connectivity index (χ3v) is 6.49. The van der Waals surface area contributed by atoms with Crippen LogP contribution in [0, 0.1) is 11.3 Å². The highest BCUT2D eigenvalue weighted by Crippen LogP contribution is 2.29. The van der Waals surface area contributed by atoms with Crippen molar-refractivity contribution in [1.29, 1.82) is 5.26 Å². The molecule has 2 aromatic rings. The molecule has 0 bridgehead atoms. The predicted octanol–water partition coefficient (Wildman–Crippen LogP) is 5.85. The normalized spacial score (nSPS) is 15.0. The maximum atomic E-state index is 12.7. The third kappa shape index (κ3) is 5.61. The molecule has 0 radical (unpaired) electrons. The lowest BCUT2D eigenvalue weighted by molar-refractivity contribution is -0.115. The number of aryl methyl sites for hydroxylation is 2. The van der Waals surface area contributed by atoms with E-state index in [2.05, 4.69) is 25.2 Å². The fourth-order valence-electron chi connectivity index (χ4n) is 3.55. The van der Waals surface area contributed by atoms with E-state index in [-0.39, 0.29) is 11.2 Å². The van der Waals surface area contributed by atoms with Gasteiger partial charge in [0.25, 0.3) is 0 Å².